The van der Waals surface area contributed by atoms with Gasteiger partial charge >= 0.3 is 0 Å². The molecule has 0 saturated carbocycles. The van der Waals surface area contributed by atoms with Crippen molar-refractivity contribution in [1.82, 2.24) is 4.98 Å². The third-order valence-corrected chi connectivity index (χ3v) is 4.04. The maximum atomic E-state index is 4.16. The topological polar surface area (TPSA) is 12.9 Å². The number of nitrogens with zero attached hydrogens (tertiary/aromatic N) is 1. The number of aryl methyl sites for hydroxylation is 2. The molecule has 104 valence electrons. The predicted molar refractivity (Wildman–Crippen MR) is 87.5 cm³/mol. The van der Waals surface area contributed by atoms with Gasteiger partial charge in [-0.3, -0.25) is 4.98 Å². The molecule has 21 heavy (non-hydrogen) atoms. The lowest BCUT2D eigenvalue weighted by Gasteiger charge is -2.22. The van der Waals surface area contributed by atoms with Crippen molar-refractivity contribution in [3.63, 3.8) is 0 Å². The van der Waals surface area contributed by atoms with E-state index in [1.807, 2.05) is 12.4 Å². The van der Waals surface area contributed by atoms with Gasteiger partial charge in [0.15, 0.2) is 0 Å². The molecular formula is C20H19N. The van der Waals surface area contributed by atoms with Gasteiger partial charge in [-0.25, -0.2) is 0 Å². The molecule has 0 aliphatic rings. The lowest BCUT2D eigenvalue weighted by molar-refractivity contribution is 0.944. The second kappa shape index (κ2) is 5.92. The highest BCUT2D eigenvalue weighted by Gasteiger charge is 2.19. The van der Waals surface area contributed by atoms with E-state index in [9.17, 15) is 0 Å². The molecule has 0 saturated heterocycles. The van der Waals surface area contributed by atoms with Crippen LogP contribution >= 0.6 is 0 Å². The highest BCUT2D eigenvalue weighted by atomic mass is 14.6. The van der Waals surface area contributed by atoms with Crippen LogP contribution in [0.4, 0.5) is 0 Å². The van der Waals surface area contributed by atoms with E-state index >= 15 is 0 Å². The van der Waals surface area contributed by atoms with Crippen LogP contribution in [0.2, 0.25) is 0 Å². The molecule has 1 heterocycles. The van der Waals surface area contributed by atoms with E-state index < -0.39 is 0 Å². The van der Waals surface area contributed by atoms with E-state index in [2.05, 4.69) is 79.5 Å². The zero-order valence-corrected chi connectivity index (χ0v) is 12.5. The molecule has 0 aliphatic heterocycles. The van der Waals surface area contributed by atoms with Crippen LogP contribution < -0.4 is 0 Å². The molecule has 0 unspecified atom stereocenters. The van der Waals surface area contributed by atoms with Crippen LogP contribution in [-0.4, -0.2) is 4.98 Å². The summed E-state index contributed by atoms with van der Waals surface area (Å²) in [5.74, 6) is 0.260. The maximum absolute atomic E-state index is 4.16. The van der Waals surface area contributed by atoms with Crippen LogP contribution in [0.15, 0.2) is 73.1 Å². The number of hydrogen-bond acceptors (Lipinski definition) is 1. The first-order valence-corrected chi connectivity index (χ1v) is 7.28. The van der Waals surface area contributed by atoms with Gasteiger partial charge in [0, 0.05) is 18.3 Å². The zero-order valence-electron chi connectivity index (χ0n) is 12.5. The summed E-state index contributed by atoms with van der Waals surface area (Å²) in [6.45, 7) is 4.36. The Hall–Kier alpha value is -2.41. The average molecular weight is 273 g/mol. The fraction of sp³-hybridized carbons (Fsp3) is 0.150. The van der Waals surface area contributed by atoms with E-state index in [-0.39, 0.29) is 5.92 Å². The minimum absolute atomic E-state index is 0.260. The fourth-order valence-electron chi connectivity index (χ4n) is 2.90. The molecule has 0 N–H and O–H groups in total. The van der Waals surface area contributed by atoms with E-state index in [1.165, 1.54) is 27.8 Å². The molecule has 0 aliphatic carbocycles. The first-order valence-electron chi connectivity index (χ1n) is 7.28. The Labute approximate surface area is 126 Å². The fourth-order valence-corrected chi connectivity index (χ4v) is 2.90. The average Bonchev–Trinajstić information content (AvgIpc) is 2.52. The molecule has 3 aromatic rings. The number of pyridine rings is 1. The zero-order chi connectivity index (χ0) is 14.7. The maximum Gasteiger partial charge on any atom is 0.0346 e. The Morgan fingerprint density at radius 3 is 1.62 bits per heavy atom. The molecule has 1 nitrogen and oxygen atoms in total. The minimum Gasteiger partial charge on any atom is -0.265 e. The van der Waals surface area contributed by atoms with Gasteiger partial charge in [0.05, 0.1) is 0 Å². The van der Waals surface area contributed by atoms with Crippen molar-refractivity contribution in [3.05, 3.63) is 101 Å². The lowest BCUT2D eigenvalue weighted by Crippen LogP contribution is -2.07. The Kier molecular flexibility index (Phi) is 3.83. The summed E-state index contributed by atoms with van der Waals surface area (Å²) in [5, 5.41) is 0. The van der Waals surface area contributed by atoms with Crippen molar-refractivity contribution in [1.29, 1.82) is 0 Å². The van der Waals surface area contributed by atoms with Crippen molar-refractivity contribution < 1.29 is 0 Å². The van der Waals surface area contributed by atoms with Crippen LogP contribution in [-0.2, 0) is 0 Å². The van der Waals surface area contributed by atoms with Crippen LogP contribution in [0.25, 0.3) is 0 Å². The Morgan fingerprint density at radius 1 is 0.667 bits per heavy atom. The van der Waals surface area contributed by atoms with Gasteiger partial charge in [-0.1, -0.05) is 48.5 Å². The van der Waals surface area contributed by atoms with Crippen molar-refractivity contribution in [2.75, 3.05) is 0 Å². The highest BCUT2D eigenvalue weighted by Crippen LogP contribution is 2.34. The molecule has 0 bridgehead atoms. The van der Waals surface area contributed by atoms with E-state index in [0.29, 0.717) is 0 Å². The molecule has 1 aromatic heterocycles. The van der Waals surface area contributed by atoms with E-state index in [1.54, 1.807) is 0 Å². The number of benzene rings is 2. The summed E-state index contributed by atoms with van der Waals surface area (Å²) in [5.41, 5.74) is 6.65. The van der Waals surface area contributed by atoms with Gasteiger partial charge in [0.1, 0.15) is 0 Å². The van der Waals surface area contributed by atoms with Crippen LogP contribution in [0.1, 0.15) is 33.7 Å². The van der Waals surface area contributed by atoms with Gasteiger partial charge < -0.3 is 0 Å². The van der Waals surface area contributed by atoms with E-state index in [0.717, 1.165) is 0 Å². The summed E-state index contributed by atoms with van der Waals surface area (Å²) < 4.78 is 0. The first-order chi connectivity index (χ1) is 10.3. The third-order valence-electron chi connectivity index (χ3n) is 4.04. The largest absolute Gasteiger partial charge is 0.265 e. The van der Waals surface area contributed by atoms with Gasteiger partial charge in [0.2, 0.25) is 0 Å². The molecule has 3 rings (SSSR count). The number of hydrogen-bond donors (Lipinski definition) is 0. The smallest absolute Gasteiger partial charge is 0.0346 e. The van der Waals surface area contributed by atoms with Crippen LogP contribution in [0.3, 0.4) is 0 Å². The summed E-state index contributed by atoms with van der Waals surface area (Å²) >= 11 is 0. The van der Waals surface area contributed by atoms with Gasteiger partial charge in [-0.05, 0) is 53.8 Å². The molecule has 1 heteroatoms. The standard InChI is InChI=1S/C20H19N/c1-15-7-3-5-9-18(15)20(17-11-13-21-14-12-17)19-10-6-4-8-16(19)2/h3-14,20H,1-2H3. The molecule has 0 radical (unpaired) electrons. The SMILES string of the molecule is Cc1ccccc1C(c1ccncc1)c1ccccc1C. The Bertz CT molecular complexity index is 686. The summed E-state index contributed by atoms with van der Waals surface area (Å²) in [6, 6.07) is 21.5. The quantitative estimate of drug-likeness (QED) is 0.663. The summed E-state index contributed by atoms with van der Waals surface area (Å²) in [7, 11) is 0. The van der Waals surface area contributed by atoms with Crippen molar-refractivity contribution in [2.45, 2.75) is 19.8 Å². The number of rotatable bonds is 3. The highest BCUT2D eigenvalue weighted by molar-refractivity contribution is 5.47. The third kappa shape index (κ3) is 2.73. The number of aromatic nitrogens is 1. The molecule has 0 fully saturated rings. The summed E-state index contributed by atoms with van der Waals surface area (Å²) in [6.07, 6.45) is 3.75. The molecular weight excluding hydrogens is 254 g/mol. The van der Waals surface area contributed by atoms with Crippen molar-refractivity contribution in [2.24, 2.45) is 0 Å². The molecule has 2 aromatic carbocycles. The Balaban J connectivity index is 2.22. The van der Waals surface area contributed by atoms with Gasteiger partial charge in [-0.15, -0.1) is 0 Å². The van der Waals surface area contributed by atoms with Crippen LogP contribution in [0, 0.1) is 13.8 Å². The molecule has 0 spiro atoms. The van der Waals surface area contributed by atoms with Gasteiger partial charge in [0.25, 0.3) is 0 Å². The van der Waals surface area contributed by atoms with Crippen molar-refractivity contribution >= 4 is 0 Å². The second-order valence-corrected chi connectivity index (χ2v) is 5.43. The summed E-state index contributed by atoms with van der Waals surface area (Å²) in [4.78, 5) is 4.16. The van der Waals surface area contributed by atoms with Gasteiger partial charge in [-0.2, -0.15) is 0 Å². The van der Waals surface area contributed by atoms with Crippen molar-refractivity contribution in [3.8, 4) is 0 Å². The minimum atomic E-state index is 0.260. The molecule has 0 amide bonds. The first kappa shape index (κ1) is 13.6. The van der Waals surface area contributed by atoms with E-state index in [4.69, 9.17) is 0 Å². The monoisotopic (exact) mass is 273 g/mol. The normalized spacial score (nSPS) is 10.8. The molecule has 0 atom stereocenters. The van der Waals surface area contributed by atoms with Crippen LogP contribution in [0.5, 0.6) is 0 Å². The second-order valence-electron chi connectivity index (χ2n) is 5.43. The Morgan fingerprint density at radius 2 is 1.14 bits per heavy atom. The predicted octanol–water partition coefficient (Wildman–Crippen LogP) is 4.88. The lowest BCUT2D eigenvalue weighted by atomic mass is 9.82.